The molecule has 0 amide bonds. The van der Waals surface area contributed by atoms with Crippen molar-refractivity contribution in [2.45, 2.75) is 11.8 Å². The lowest BCUT2D eigenvalue weighted by atomic mass is 10.2. The van der Waals surface area contributed by atoms with Crippen molar-refractivity contribution in [3.05, 3.63) is 88.5 Å². The molecule has 7 nitrogen and oxygen atoms in total. The average Bonchev–Trinajstić information content (AvgIpc) is 2.64. The van der Waals surface area contributed by atoms with E-state index in [0.29, 0.717) is 5.75 Å². The Morgan fingerprint density at radius 1 is 0.926 bits per heavy atom. The zero-order chi connectivity index (χ0) is 19.4. The molecule has 0 atom stereocenters. The quantitative estimate of drug-likeness (QED) is 0.498. The second-order valence-corrected chi connectivity index (χ2v) is 7.45. The van der Waals surface area contributed by atoms with Crippen molar-refractivity contribution in [1.82, 2.24) is 0 Å². The van der Waals surface area contributed by atoms with Crippen molar-refractivity contribution in [2.24, 2.45) is 0 Å². The molecule has 0 aliphatic heterocycles. The van der Waals surface area contributed by atoms with E-state index in [1.807, 2.05) is 13.0 Å². The van der Waals surface area contributed by atoms with Gasteiger partial charge in [0.1, 0.15) is 17.2 Å². The van der Waals surface area contributed by atoms with Gasteiger partial charge < -0.3 is 4.74 Å². The van der Waals surface area contributed by atoms with Gasteiger partial charge in [-0.05, 0) is 43.3 Å². The summed E-state index contributed by atoms with van der Waals surface area (Å²) >= 11 is 0. The molecule has 0 fully saturated rings. The van der Waals surface area contributed by atoms with Crippen molar-refractivity contribution < 1.29 is 18.1 Å². The molecule has 0 aromatic heterocycles. The highest BCUT2D eigenvalue weighted by Crippen LogP contribution is 2.32. The number of benzene rings is 3. The first kappa shape index (κ1) is 18.4. The molecule has 1 N–H and O–H groups in total. The molecule has 0 radical (unpaired) electrons. The van der Waals surface area contributed by atoms with E-state index in [0.717, 1.165) is 5.56 Å². The normalized spacial score (nSPS) is 11.0. The van der Waals surface area contributed by atoms with Crippen LogP contribution >= 0.6 is 0 Å². The van der Waals surface area contributed by atoms with E-state index in [1.165, 1.54) is 30.3 Å². The molecule has 138 valence electrons. The lowest BCUT2D eigenvalue weighted by Crippen LogP contribution is -2.14. The molecule has 0 heterocycles. The van der Waals surface area contributed by atoms with Crippen molar-refractivity contribution in [2.75, 3.05) is 4.72 Å². The number of nitrogens with zero attached hydrogens (tertiary/aromatic N) is 1. The van der Waals surface area contributed by atoms with E-state index >= 15 is 0 Å². The molecule has 0 saturated heterocycles. The smallest absolute Gasteiger partial charge is 0.297 e. The van der Waals surface area contributed by atoms with Gasteiger partial charge in [-0.1, -0.05) is 35.9 Å². The van der Waals surface area contributed by atoms with Crippen molar-refractivity contribution in [3.8, 4) is 11.5 Å². The van der Waals surface area contributed by atoms with E-state index in [2.05, 4.69) is 4.72 Å². The zero-order valence-electron chi connectivity index (χ0n) is 14.3. The first-order chi connectivity index (χ1) is 12.8. The Bertz CT molecular complexity index is 1070. The van der Waals surface area contributed by atoms with E-state index in [9.17, 15) is 18.5 Å². The molecule has 0 unspecified atom stereocenters. The predicted molar refractivity (Wildman–Crippen MR) is 102 cm³/mol. The Hall–Kier alpha value is -3.39. The zero-order valence-corrected chi connectivity index (χ0v) is 15.1. The van der Waals surface area contributed by atoms with E-state index in [1.54, 1.807) is 36.4 Å². The Balaban J connectivity index is 1.91. The van der Waals surface area contributed by atoms with Crippen molar-refractivity contribution in [1.29, 1.82) is 0 Å². The van der Waals surface area contributed by atoms with Gasteiger partial charge in [-0.15, -0.1) is 0 Å². The number of ether oxygens (including phenoxy) is 1. The highest BCUT2D eigenvalue weighted by atomic mass is 32.2. The molecule has 0 spiro atoms. The Morgan fingerprint density at radius 2 is 1.59 bits per heavy atom. The Morgan fingerprint density at radius 3 is 2.22 bits per heavy atom. The minimum Gasteiger partial charge on any atom is -0.457 e. The van der Waals surface area contributed by atoms with Gasteiger partial charge in [0.05, 0.1) is 15.9 Å². The summed E-state index contributed by atoms with van der Waals surface area (Å²) in [4.78, 5) is 10.8. The van der Waals surface area contributed by atoms with Crippen LogP contribution in [0.1, 0.15) is 5.56 Å². The maximum absolute atomic E-state index is 12.5. The molecule has 0 aliphatic carbocycles. The Kier molecular flexibility index (Phi) is 5.09. The lowest BCUT2D eigenvalue weighted by molar-refractivity contribution is -0.383. The summed E-state index contributed by atoms with van der Waals surface area (Å²) in [5.74, 6) is 0.742. The van der Waals surface area contributed by atoms with E-state index in [-0.39, 0.29) is 16.3 Å². The van der Waals surface area contributed by atoms with Crippen LogP contribution in [0.25, 0.3) is 0 Å². The highest BCUT2D eigenvalue weighted by Gasteiger charge is 2.22. The first-order valence-electron chi connectivity index (χ1n) is 7.96. The van der Waals surface area contributed by atoms with Gasteiger partial charge in [-0.2, -0.15) is 0 Å². The van der Waals surface area contributed by atoms with Crippen molar-refractivity contribution in [3.63, 3.8) is 0 Å². The third-order valence-corrected chi connectivity index (χ3v) is 5.10. The maximum Gasteiger partial charge on any atom is 0.297 e. The number of hydrogen-bond donors (Lipinski definition) is 1. The molecule has 3 rings (SSSR count). The fraction of sp³-hybridized carbons (Fsp3) is 0.0526. The van der Waals surface area contributed by atoms with Gasteiger partial charge >= 0.3 is 0 Å². The summed E-state index contributed by atoms with van der Waals surface area (Å²) in [5, 5.41) is 11.4. The molecule has 0 bridgehead atoms. The van der Waals surface area contributed by atoms with Gasteiger partial charge in [-0.3, -0.25) is 14.8 Å². The second kappa shape index (κ2) is 7.46. The molecule has 27 heavy (non-hydrogen) atoms. The number of anilines is 1. The minimum absolute atomic E-state index is 0.0204. The minimum atomic E-state index is -3.95. The van der Waals surface area contributed by atoms with E-state index < -0.39 is 20.6 Å². The molecule has 3 aromatic carbocycles. The second-order valence-electron chi connectivity index (χ2n) is 5.77. The van der Waals surface area contributed by atoms with Crippen LogP contribution in [0.15, 0.2) is 77.7 Å². The van der Waals surface area contributed by atoms with E-state index in [4.69, 9.17) is 4.74 Å². The summed E-state index contributed by atoms with van der Waals surface area (Å²) in [6.45, 7) is 1.83. The van der Waals surface area contributed by atoms with Gasteiger partial charge in [0, 0.05) is 0 Å². The van der Waals surface area contributed by atoms with Crippen LogP contribution in [-0.2, 0) is 10.0 Å². The van der Waals surface area contributed by atoms with Gasteiger partial charge in [-0.25, -0.2) is 8.42 Å². The van der Waals surface area contributed by atoms with Gasteiger partial charge in [0.15, 0.2) is 0 Å². The largest absolute Gasteiger partial charge is 0.457 e. The number of nitro benzene ring substituents is 1. The fourth-order valence-corrected chi connectivity index (χ4v) is 3.43. The number of para-hydroxylation sites is 1. The van der Waals surface area contributed by atoms with Crippen molar-refractivity contribution >= 4 is 21.4 Å². The summed E-state index contributed by atoms with van der Waals surface area (Å²) in [5.41, 5.74) is 0.363. The molecule has 0 aliphatic rings. The van der Waals surface area contributed by atoms with Crippen LogP contribution in [0.5, 0.6) is 11.5 Å². The number of sulfonamides is 1. The average molecular weight is 384 g/mol. The first-order valence-corrected chi connectivity index (χ1v) is 9.44. The summed E-state index contributed by atoms with van der Waals surface area (Å²) in [6.07, 6.45) is 0. The maximum atomic E-state index is 12.5. The lowest BCUT2D eigenvalue weighted by Gasteiger charge is -2.11. The highest BCUT2D eigenvalue weighted by molar-refractivity contribution is 7.92. The topological polar surface area (TPSA) is 98.5 Å². The van der Waals surface area contributed by atoms with Crippen LogP contribution in [-0.4, -0.2) is 13.3 Å². The molecule has 3 aromatic rings. The molecular formula is C19H16N2O5S. The van der Waals surface area contributed by atoms with Crippen LogP contribution in [0, 0.1) is 17.0 Å². The number of rotatable bonds is 6. The monoisotopic (exact) mass is 384 g/mol. The third-order valence-electron chi connectivity index (χ3n) is 3.72. The Labute approximate surface area is 156 Å². The predicted octanol–water partition coefficient (Wildman–Crippen LogP) is 4.50. The molecule has 0 saturated carbocycles. The summed E-state index contributed by atoms with van der Waals surface area (Å²) in [7, 11) is -3.95. The van der Waals surface area contributed by atoms with Crippen LogP contribution in [0.3, 0.4) is 0 Å². The fourth-order valence-electron chi connectivity index (χ4n) is 2.36. The van der Waals surface area contributed by atoms with Crippen LogP contribution < -0.4 is 9.46 Å². The molecule has 8 heteroatoms. The van der Waals surface area contributed by atoms with Crippen LogP contribution in [0.2, 0.25) is 0 Å². The number of nitro groups is 1. The number of hydrogen-bond acceptors (Lipinski definition) is 5. The van der Waals surface area contributed by atoms with Gasteiger partial charge in [0.2, 0.25) is 0 Å². The summed E-state index contributed by atoms with van der Waals surface area (Å²) < 4.78 is 32.8. The number of nitrogens with one attached hydrogen (secondary N) is 1. The summed E-state index contributed by atoms with van der Waals surface area (Å²) in [6, 6.07) is 18.9. The van der Waals surface area contributed by atoms with Crippen LogP contribution in [0.4, 0.5) is 11.4 Å². The SMILES string of the molecule is Cc1ccc(S(=O)(=O)Nc2ccc(Oc3ccccc3)cc2[N+](=O)[O-])cc1. The third kappa shape index (κ3) is 4.42. The number of aryl methyl sites for hydroxylation is 1. The van der Waals surface area contributed by atoms with Gasteiger partial charge in [0.25, 0.3) is 15.7 Å². The molecular weight excluding hydrogens is 368 g/mol. The standard InChI is InChI=1S/C19H16N2O5S/c1-14-7-10-17(11-8-14)27(24,25)20-18-12-9-16(13-19(18)21(22)23)26-15-5-3-2-4-6-15/h2-13,20H,1H3.